The lowest BCUT2D eigenvalue weighted by Gasteiger charge is -2.14. The number of benzene rings is 3. The molecule has 146 valence electrons. The van der Waals surface area contributed by atoms with Gasteiger partial charge in [0.05, 0.1) is 6.54 Å². The van der Waals surface area contributed by atoms with E-state index in [1.54, 1.807) is 4.68 Å². The zero-order valence-electron chi connectivity index (χ0n) is 16.3. The molecule has 5 nitrogen and oxygen atoms in total. The van der Waals surface area contributed by atoms with Crippen LogP contribution in [0.25, 0.3) is 11.4 Å². The summed E-state index contributed by atoms with van der Waals surface area (Å²) in [4.78, 5) is 0. The molecule has 4 rings (SSSR count). The van der Waals surface area contributed by atoms with Gasteiger partial charge < -0.3 is 4.74 Å². The van der Waals surface area contributed by atoms with Crippen molar-refractivity contribution in [1.82, 2.24) is 20.2 Å². The van der Waals surface area contributed by atoms with Crippen LogP contribution in [0.15, 0.2) is 66.7 Å². The molecule has 6 heteroatoms. The van der Waals surface area contributed by atoms with Crippen molar-refractivity contribution in [3.05, 3.63) is 94.0 Å². The van der Waals surface area contributed by atoms with Gasteiger partial charge in [-0.2, -0.15) is 0 Å². The standard InChI is InChI=1S/C23H21ClN4O/c1-16-7-6-10-21(17(16)2)23-25-26-27-28(23)14-19-13-20(24)11-12-22(19)29-15-18-8-4-3-5-9-18/h3-13H,14-15H2,1-2H3. The first kappa shape index (κ1) is 19.2. The fraction of sp³-hybridized carbons (Fsp3) is 0.174. The molecule has 0 saturated heterocycles. The second-order valence-electron chi connectivity index (χ2n) is 6.93. The molecule has 3 aromatic carbocycles. The number of nitrogens with zero attached hydrogens (tertiary/aromatic N) is 4. The van der Waals surface area contributed by atoms with E-state index in [2.05, 4.69) is 35.4 Å². The zero-order valence-corrected chi connectivity index (χ0v) is 17.1. The maximum absolute atomic E-state index is 6.26. The Morgan fingerprint density at radius 2 is 1.79 bits per heavy atom. The number of halogens is 1. The molecular formula is C23H21ClN4O. The van der Waals surface area contributed by atoms with Gasteiger partial charge in [-0.25, -0.2) is 4.68 Å². The lowest BCUT2D eigenvalue weighted by Crippen LogP contribution is -2.07. The van der Waals surface area contributed by atoms with Gasteiger partial charge in [0.15, 0.2) is 5.82 Å². The van der Waals surface area contributed by atoms with E-state index in [4.69, 9.17) is 16.3 Å². The molecular weight excluding hydrogens is 384 g/mol. The molecule has 0 aliphatic heterocycles. The van der Waals surface area contributed by atoms with Gasteiger partial charge in [-0.1, -0.05) is 60.1 Å². The topological polar surface area (TPSA) is 52.8 Å². The van der Waals surface area contributed by atoms with Crippen LogP contribution >= 0.6 is 11.6 Å². The van der Waals surface area contributed by atoms with Crippen molar-refractivity contribution < 1.29 is 4.74 Å². The summed E-state index contributed by atoms with van der Waals surface area (Å²) in [5.41, 5.74) is 5.41. The number of rotatable bonds is 6. The van der Waals surface area contributed by atoms with Crippen molar-refractivity contribution in [3.8, 4) is 17.1 Å². The Morgan fingerprint density at radius 1 is 0.966 bits per heavy atom. The van der Waals surface area contributed by atoms with Crippen LogP contribution in [0.1, 0.15) is 22.3 Å². The predicted octanol–water partition coefficient (Wildman–Crippen LogP) is 5.24. The third-order valence-corrected chi connectivity index (χ3v) is 5.19. The third-order valence-electron chi connectivity index (χ3n) is 4.96. The molecule has 0 aliphatic carbocycles. The van der Waals surface area contributed by atoms with Crippen molar-refractivity contribution in [1.29, 1.82) is 0 Å². The average molecular weight is 405 g/mol. The number of hydrogen-bond acceptors (Lipinski definition) is 4. The van der Waals surface area contributed by atoms with E-state index in [1.165, 1.54) is 5.56 Å². The van der Waals surface area contributed by atoms with Crippen LogP contribution in [-0.4, -0.2) is 20.2 Å². The van der Waals surface area contributed by atoms with Gasteiger partial charge in [0.2, 0.25) is 0 Å². The Morgan fingerprint density at radius 3 is 2.62 bits per heavy atom. The highest BCUT2D eigenvalue weighted by Crippen LogP contribution is 2.27. The van der Waals surface area contributed by atoms with Crippen LogP contribution in [0.3, 0.4) is 0 Å². The molecule has 1 aromatic heterocycles. The summed E-state index contributed by atoms with van der Waals surface area (Å²) in [5, 5.41) is 13.0. The van der Waals surface area contributed by atoms with Gasteiger partial charge in [0, 0.05) is 16.1 Å². The summed E-state index contributed by atoms with van der Waals surface area (Å²) in [5.74, 6) is 1.49. The summed E-state index contributed by atoms with van der Waals surface area (Å²) in [6.07, 6.45) is 0. The average Bonchev–Trinajstić information content (AvgIpc) is 3.18. The maximum atomic E-state index is 6.26. The first-order valence-corrected chi connectivity index (χ1v) is 9.77. The van der Waals surface area contributed by atoms with E-state index in [-0.39, 0.29) is 0 Å². The minimum atomic E-state index is 0.459. The fourth-order valence-corrected chi connectivity index (χ4v) is 3.40. The Labute approximate surface area is 174 Å². The van der Waals surface area contributed by atoms with E-state index in [1.807, 2.05) is 60.7 Å². The highest BCUT2D eigenvalue weighted by Gasteiger charge is 2.15. The Bertz CT molecular complexity index is 1120. The van der Waals surface area contributed by atoms with E-state index in [0.29, 0.717) is 18.2 Å². The number of ether oxygens (including phenoxy) is 1. The monoisotopic (exact) mass is 404 g/mol. The molecule has 0 aliphatic rings. The lowest BCUT2D eigenvalue weighted by molar-refractivity contribution is 0.302. The van der Waals surface area contributed by atoms with Crippen molar-refractivity contribution in [2.75, 3.05) is 0 Å². The summed E-state index contributed by atoms with van der Waals surface area (Å²) >= 11 is 6.26. The minimum Gasteiger partial charge on any atom is -0.489 e. The van der Waals surface area contributed by atoms with Crippen molar-refractivity contribution in [3.63, 3.8) is 0 Å². The quantitative estimate of drug-likeness (QED) is 0.441. The largest absolute Gasteiger partial charge is 0.489 e. The first-order chi connectivity index (χ1) is 14.1. The molecule has 0 spiro atoms. The summed E-state index contributed by atoms with van der Waals surface area (Å²) in [7, 11) is 0. The summed E-state index contributed by atoms with van der Waals surface area (Å²) in [6.45, 7) is 5.10. The van der Waals surface area contributed by atoms with E-state index in [9.17, 15) is 0 Å². The fourth-order valence-electron chi connectivity index (χ4n) is 3.21. The molecule has 0 unspecified atom stereocenters. The molecule has 29 heavy (non-hydrogen) atoms. The van der Waals surface area contributed by atoms with Crippen LogP contribution in [0.4, 0.5) is 0 Å². The van der Waals surface area contributed by atoms with Gasteiger partial charge in [-0.05, 0) is 59.2 Å². The number of tetrazole rings is 1. The number of hydrogen-bond donors (Lipinski definition) is 0. The van der Waals surface area contributed by atoms with Gasteiger partial charge in [-0.3, -0.25) is 0 Å². The third kappa shape index (κ3) is 4.30. The van der Waals surface area contributed by atoms with Crippen molar-refractivity contribution >= 4 is 11.6 Å². The zero-order chi connectivity index (χ0) is 20.2. The molecule has 0 atom stereocenters. The number of aryl methyl sites for hydroxylation is 1. The second kappa shape index (κ2) is 8.45. The molecule has 0 fully saturated rings. The van der Waals surface area contributed by atoms with Gasteiger partial charge >= 0.3 is 0 Å². The maximum Gasteiger partial charge on any atom is 0.182 e. The van der Waals surface area contributed by atoms with Crippen LogP contribution in [-0.2, 0) is 13.2 Å². The molecule has 0 amide bonds. The van der Waals surface area contributed by atoms with Crippen molar-refractivity contribution in [2.24, 2.45) is 0 Å². The molecule has 4 aromatic rings. The first-order valence-electron chi connectivity index (χ1n) is 9.40. The Balaban J connectivity index is 1.63. The highest BCUT2D eigenvalue weighted by atomic mass is 35.5. The predicted molar refractivity (Wildman–Crippen MR) is 114 cm³/mol. The summed E-state index contributed by atoms with van der Waals surface area (Å²) < 4.78 is 7.86. The molecule has 1 heterocycles. The lowest BCUT2D eigenvalue weighted by atomic mass is 10.0. The normalized spacial score (nSPS) is 10.9. The van der Waals surface area contributed by atoms with Gasteiger partial charge in [-0.15, -0.1) is 5.10 Å². The Hall–Kier alpha value is -3.18. The molecule has 0 bridgehead atoms. The molecule has 0 N–H and O–H groups in total. The van der Waals surface area contributed by atoms with Crippen LogP contribution < -0.4 is 4.74 Å². The molecule has 0 saturated carbocycles. The van der Waals surface area contributed by atoms with Gasteiger partial charge in [0.25, 0.3) is 0 Å². The summed E-state index contributed by atoms with van der Waals surface area (Å²) in [6, 6.07) is 21.8. The van der Waals surface area contributed by atoms with Gasteiger partial charge in [0.1, 0.15) is 12.4 Å². The minimum absolute atomic E-state index is 0.459. The van der Waals surface area contributed by atoms with E-state index in [0.717, 1.165) is 33.8 Å². The van der Waals surface area contributed by atoms with E-state index < -0.39 is 0 Å². The Kier molecular flexibility index (Phi) is 5.58. The van der Waals surface area contributed by atoms with E-state index >= 15 is 0 Å². The SMILES string of the molecule is Cc1cccc(-c2nnnn2Cc2cc(Cl)ccc2OCc2ccccc2)c1C. The highest BCUT2D eigenvalue weighted by molar-refractivity contribution is 6.30. The molecule has 0 radical (unpaired) electrons. The number of aromatic nitrogens is 4. The van der Waals surface area contributed by atoms with Crippen LogP contribution in [0.5, 0.6) is 5.75 Å². The van der Waals surface area contributed by atoms with Crippen LogP contribution in [0, 0.1) is 13.8 Å². The smallest absolute Gasteiger partial charge is 0.182 e. The second-order valence-corrected chi connectivity index (χ2v) is 7.37. The van der Waals surface area contributed by atoms with Crippen LogP contribution in [0.2, 0.25) is 5.02 Å². The van der Waals surface area contributed by atoms with Crippen molar-refractivity contribution in [2.45, 2.75) is 27.0 Å².